The molecule has 1 aromatic heterocycles. The van der Waals surface area contributed by atoms with Gasteiger partial charge in [0.1, 0.15) is 5.78 Å². The summed E-state index contributed by atoms with van der Waals surface area (Å²) in [6.45, 7) is 0.832. The number of thiophene rings is 1. The molecular formula is C25H29NO2S. The minimum Gasteiger partial charge on any atom is -0.339 e. The van der Waals surface area contributed by atoms with Crippen LogP contribution in [0, 0.1) is 23.7 Å². The van der Waals surface area contributed by atoms with Crippen molar-refractivity contribution in [3.8, 4) is 0 Å². The Morgan fingerprint density at radius 3 is 2.72 bits per heavy atom. The van der Waals surface area contributed by atoms with Crippen LogP contribution in [-0.2, 0) is 22.4 Å². The Kier molecular flexibility index (Phi) is 5.29. The number of ketones is 1. The van der Waals surface area contributed by atoms with Gasteiger partial charge in [0.15, 0.2) is 0 Å². The van der Waals surface area contributed by atoms with Gasteiger partial charge >= 0.3 is 0 Å². The average molecular weight is 408 g/mol. The molecule has 1 amide bonds. The smallest absolute Gasteiger partial charge is 0.227 e. The summed E-state index contributed by atoms with van der Waals surface area (Å²) in [7, 11) is 0. The Morgan fingerprint density at radius 1 is 1.07 bits per heavy atom. The van der Waals surface area contributed by atoms with Gasteiger partial charge in [0.25, 0.3) is 0 Å². The lowest BCUT2D eigenvalue weighted by molar-refractivity contribution is -0.149. The standard InChI is InChI=1S/C25H29NO2S/c27-23-15-19-9-11-26(24(28)14-18-10-12-29-16-18)22-8-4-7-20(25(19)22)21(23)13-17-5-2-1-3-6-17/h1-3,5-6,10,12,16,19-22,25H,4,7-9,11,13-15H2/t19-,20+,21+,22+,25+/m1/s1. The number of rotatable bonds is 4. The monoisotopic (exact) mass is 407 g/mol. The van der Waals surface area contributed by atoms with Gasteiger partial charge in [-0.25, -0.2) is 0 Å². The molecule has 5 atom stereocenters. The van der Waals surface area contributed by atoms with Crippen molar-refractivity contribution in [1.82, 2.24) is 4.90 Å². The Labute approximate surface area is 177 Å². The molecule has 2 aliphatic carbocycles. The molecule has 0 spiro atoms. The summed E-state index contributed by atoms with van der Waals surface area (Å²) in [6, 6.07) is 12.9. The number of nitrogens with zero attached hydrogens (tertiary/aromatic N) is 1. The summed E-state index contributed by atoms with van der Waals surface area (Å²) >= 11 is 1.66. The summed E-state index contributed by atoms with van der Waals surface area (Å²) < 4.78 is 0. The number of hydrogen-bond acceptors (Lipinski definition) is 3. The molecule has 5 rings (SSSR count). The topological polar surface area (TPSA) is 37.4 Å². The van der Waals surface area contributed by atoms with Gasteiger partial charge in [-0.1, -0.05) is 36.8 Å². The zero-order valence-electron chi connectivity index (χ0n) is 16.8. The number of piperidine rings is 1. The number of hydrogen-bond donors (Lipinski definition) is 0. The second-order valence-electron chi connectivity index (χ2n) is 9.15. The minimum absolute atomic E-state index is 0.133. The molecule has 2 saturated carbocycles. The quantitative estimate of drug-likeness (QED) is 0.733. The molecular weight excluding hydrogens is 378 g/mol. The molecule has 3 aliphatic rings. The highest BCUT2D eigenvalue weighted by Gasteiger charge is 2.52. The molecule has 0 N–H and O–H groups in total. The molecule has 2 heterocycles. The lowest BCUT2D eigenvalue weighted by Gasteiger charge is -2.55. The first-order chi connectivity index (χ1) is 14.2. The van der Waals surface area contributed by atoms with E-state index in [1.54, 1.807) is 11.3 Å². The normalized spacial score (nSPS) is 31.4. The Hall–Kier alpha value is -1.94. The van der Waals surface area contributed by atoms with E-state index < -0.39 is 0 Å². The van der Waals surface area contributed by atoms with Crippen LogP contribution in [-0.4, -0.2) is 29.2 Å². The molecule has 0 radical (unpaired) electrons. The van der Waals surface area contributed by atoms with E-state index in [1.807, 2.05) is 11.4 Å². The molecule has 0 unspecified atom stereocenters. The van der Waals surface area contributed by atoms with Crippen molar-refractivity contribution in [3.05, 3.63) is 58.3 Å². The maximum Gasteiger partial charge on any atom is 0.227 e. The van der Waals surface area contributed by atoms with Crippen LogP contribution in [0.2, 0.25) is 0 Å². The molecule has 4 heteroatoms. The number of benzene rings is 1. The lowest BCUT2D eigenvalue weighted by atomic mass is 9.55. The predicted octanol–water partition coefficient (Wildman–Crippen LogP) is 4.76. The van der Waals surface area contributed by atoms with Crippen molar-refractivity contribution in [2.45, 2.75) is 51.0 Å². The minimum atomic E-state index is 0.133. The van der Waals surface area contributed by atoms with Crippen LogP contribution in [0.3, 0.4) is 0 Å². The zero-order chi connectivity index (χ0) is 19.8. The van der Waals surface area contributed by atoms with Crippen LogP contribution in [0.5, 0.6) is 0 Å². The van der Waals surface area contributed by atoms with E-state index >= 15 is 0 Å². The van der Waals surface area contributed by atoms with E-state index in [0.29, 0.717) is 36.0 Å². The van der Waals surface area contributed by atoms with Crippen molar-refractivity contribution in [2.75, 3.05) is 6.54 Å². The first-order valence-corrected chi connectivity index (χ1v) is 12.0. The van der Waals surface area contributed by atoms with Gasteiger partial charge in [-0.05, 0) is 71.4 Å². The Bertz CT molecular complexity index is 862. The molecule has 29 heavy (non-hydrogen) atoms. The van der Waals surface area contributed by atoms with Crippen LogP contribution in [0.25, 0.3) is 0 Å². The van der Waals surface area contributed by atoms with Crippen molar-refractivity contribution in [3.63, 3.8) is 0 Å². The summed E-state index contributed by atoms with van der Waals surface area (Å²) in [5, 5.41) is 4.13. The third-order valence-corrected chi connectivity index (χ3v) is 8.34. The highest BCUT2D eigenvalue weighted by molar-refractivity contribution is 7.08. The molecule has 1 aliphatic heterocycles. The number of carbonyl (C=O) groups is 2. The van der Waals surface area contributed by atoms with Crippen LogP contribution in [0.15, 0.2) is 47.2 Å². The van der Waals surface area contributed by atoms with E-state index in [9.17, 15) is 9.59 Å². The molecule has 3 nitrogen and oxygen atoms in total. The van der Waals surface area contributed by atoms with Crippen molar-refractivity contribution < 1.29 is 9.59 Å². The van der Waals surface area contributed by atoms with Crippen molar-refractivity contribution >= 4 is 23.0 Å². The third-order valence-electron chi connectivity index (χ3n) is 7.61. The fraction of sp³-hybridized carbons (Fsp3) is 0.520. The van der Waals surface area contributed by atoms with Gasteiger partial charge in [0.05, 0.1) is 6.42 Å². The molecule has 0 bridgehead atoms. The highest BCUT2D eigenvalue weighted by Crippen LogP contribution is 2.51. The molecule has 152 valence electrons. The summed E-state index contributed by atoms with van der Waals surface area (Å²) in [6.07, 6.45) is 6.50. The van der Waals surface area contributed by atoms with Crippen molar-refractivity contribution in [1.29, 1.82) is 0 Å². The van der Waals surface area contributed by atoms with Gasteiger partial charge < -0.3 is 4.90 Å². The van der Waals surface area contributed by atoms with E-state index in [0.717, 1.165) is 50.6 Å². The second kappa shape index (κ2) is 8.06. The molecule has 3 fully saturated rings. The van der Waals surface area contributed by atoms with Gasteiger partial charge in [-0.15, -0.1) is 0 Å². The maximum atomic E-state index is 13.1. The first kappa shape index (κ1) is 19.0. The molecule has 1 aromatic carbocycles. The fourth-order valence-electron chi connectivity index (χ4n) is 6.39. The maximum absolute atomic E-state index is 13.1. The summed E-state index contributed by atoms with van der Waals surface area (Å²) in [4.78, 5) is 28.4. The Morgan fingerprint density at radius 2 is 1.93 bits per heavy atom. The van der Waals surface area contributed by atoms with E-state index in [2.05, 4.69) is 40.6 Å². The average Bonchev–Trinajstić information content (AvgIpc) is 3.25. The number of carbonyl (C=O) groups excluding carboxylic acids is 2. The van der Waals surface area contributed by atoms with Crippen LogP contribution in [0.1, 0.15) is 43.2 Å². The van der Waals surface area contributed by atoms with Gasteiger partial charge in [0, 0.05) is 24.9 Å². The number of likely N-dealkylation sites (tertiary alicyclic amines) is 1. The molecule has 1 saturated heterocycles. The van der Waals surface area contributed by atoms with Gasteiger partial charge in [-0.3, -0.25) is 9.59 Å². The van der Waals surface area contributed by atoms with Gasteiger partial charge in [0.2, 0.25) is 5.91 Å². The van der Waals surface area contributed by atoms with Crippen LogP contribution >= 0.6 is 11.3 Å². The van der Waals surface area contributed by atoms with Crippen LogP contribution < -0.4 is 0 Å². The first-order valence-electron chi connectivity index (χ1n) is 11.1. The van der Waals surface area contributed by atoms with Crippen LogP contribution in [0.4, 0.5) is 0 Å². The van der Waals surface area contributed by atoms with Crippen molar-refractivity contribution in [2.24, 2.45) is 23.7 Å². The largest absolute Gasteiger partial charge is 0.339 e. The summed E-state index contributed by atoms with van der Waals surface area (Å²) in [5.74, 6) is 2.32. The van der Waals surface area contributed by atoms with Gasteiger partial charge in [-0.2, -0.15) is 11.3 Å². The lowest BCUT2D eigenvalue weighted by Crippen LogP contribution is -2.59. The SMILES string of the molecule is O=C1C[C@H]2CCN(C(=O)Cc3ccsc3)[C@H]3CCC[C@H]([C@H]23)[C@@H]1Cc1ccccc1. The third kappa shape index (κ3) is 3.68. The number of amides is 1. The number of Topliss-reactive ketones (excluding diaryl/α,β-unsaturated/α-hetero) is 1. The molecule has 2 aromatic rings. The predicted molar refractivity (Wildman–Crippen MR) is 116 cm³/mol. The fourth-order valence-corrected chi connectivity index (χ4v) is 7.06. The zero-order valence-corrected chi connectivity index (χ0v) is 17.7. The van der Waals surface area contributed by atoms with E-state index in [-0.39, 0.29) is 11.8 Å². The highest BCUT2D eigenvalue weighted by atomic mass is 32.1. The van der Waals surface area contributed by atoms with E-state index in [4.69, 9.17) is 0 Å². The Balaban J connectivity index is 1.37. The second-order valence-corrected chi connectivity index (χ2v) is 9.93. The van der Waals surface area contributed by atoms with E-state index in [1.165, 1.54) is 5.56 Å². The summed E-state index contributed by atoms with van der Waals surface area (Å²) in [5.41, 5.74) is 2.41.